The van der Waals surface area contributed by atoms with E-state index in [1.165, 1.54) is 5.56 Å². The highest BCUT2D eigenvalue weighted by atomic mass is 16.1. The van der Waals surface area contributed by atoms with Crippen LogP contribution in [0.5, 0.6) is 0 Å². The highest BCUT2D eigenvalue weighted by Gasteiger charge is 2.25. The second kappa shape index (κ2) is 6.20. The van der Waals surface area contributed by atoms with Crippen LogP contribution in [-0.4, -0.2) is 25.5 Å². The quantitative estimate of drug-likeness (QED) is 0.870. The summed E-state index contributed by atoms with van der Waals surface area (Å²) in [7, 11) is 0. The molecule has 0 unspecified atom stereocenters. The summed E-state index contributed by atoms with van der Waals surface area (Å²) in [5, 5.41) is 6.40. The van der Waals surface area contributed by atoms with E-state index < -0.39 is 0 Å². The van der Waals surface area contributed by atoms with Crippen molar-refractivity contribution >= 4 is 5.91 Å². The molecule has 0 saturated carbocycles. The summed E-state index contributed by atoms with van der Waals surface area (Å²) in [4.78, 5) is 12.1. The van der Waals surface area contributed by atoms with Gasteiger partial charge in [0.2, 0.25) is 5.91 Å². The molecule has 0 spiro atoms. The summed E-state index contributed by atoms with van der Waals surface area (Å²) in [6.45, 7) is 6.88. The lowest BCUT2D eigenvalue weighted by Gasteiger charge is -2.28. The van der Waals surface area contributed by atoms with Crippen LogP contribution < -0.4 is 10.6 Å². The number of carbonyl (C=O) groups is 1. The zero-order valence-electron chi connectivity index (χ0n) is 11.9. The van der Waals surface area contributed by atoms with E-state index in [4.69, 9.17) is 0 Å². The summed E-state index contributed by atoms with van der Waals surface area (Å²) >= 11 is 0. The van der Waals surface area contributed by atoms with E-state index in [1.54, 1.807) is 0 Å². The summed E-state index contributed by atoms with van der Waals surface area (Å²) in [6.07, 6.45) is 2.10. The van der Waals surface area contributed by atoms with E-state index >= 15 is 0 Å². The maximum absolute atomic E-state index is 12.1. The van der Waals surface area contributed by atoms with Crippen molar-refractivity contribution in [2.45, 2.75) is 32.1 Å². The number of nitrogens with one attached hydrogen (secondary N) is 2. The van der Waals surface area contributed by atoms with Gasteiger partial charge in [-0.15, -0.1) is 0 Å². The maximum atomic E-state index is 12.1. The number of piperidine rings is 1. The smallest absolute Gasteiger partial charge is 0.224 e. The lowest BCUT2D eigenvalue weighted by Crippen LogP contribution is -2.44. The molecule has 104 valence electrons. The van der Waals surface area contributed by atoms with Crippen molar-refractivity contribution in [3.63, 3.8) is 0 Å². The topological polar surface area (TPSA) is 41.1 Å². The first-order valence-electron chi connectivity index (χ1n) is 7.13. The van der Waals surface area contributed by atoms with E-state index in [0.29, 0.717) is 6.54 Å². The summed E-state index contributed by atoms with van der Waals surface area (Å²) in [5.74, 6) is 0.330. The van der Waals surface area contributed by atoms with Gasteiger partial charge in [0.15, 0.2) is 0 Å². The van der Waals surface area contributed by atoms with Gasteiger partial charge in [-0.1, -0.05) is 44.2 Å². The third-order valence-corrected chi connectivity index (χ3v) is 3.93. The predicted molar refractivity (Wildman–Crippen MR) is 78.1 cm³/mol. The molecule has 1 fully saturated rings. The summed E-state index contributed by atoms with van der Waals surface area (Å²) in [6, 6.07) is 10.3. The first-order chi connectivity index (χ1) is 9.09. The molecular formula is C16H24N2O. The molecule has 1 heterocycles. The Morgan fingerprint density at radius 3 is 2.74 bits per heavy atom. The minimum absolute atomic E-state index is 0.0288. The molecule has 3 nitrogen and oxygen atoms in total. The van der Waals surface area contributed by atoms with E-state index in [2.05, 4.69) is 36.6 Å². The first kappa shape index (κ1) is 14.1. The Morgan fingerprint density at radius 1 is 1.37 bits per heavy atom. The van der Waals surface area contributed by atoms with Crippen LogP contribution in [0.4, 0.5) is 0 Å². The Bertz CT molecular complexity index is 408. The summed E-state index contributed by atoms with van der Waals surface area (Å²) < 4.78 is 0. The largest absolute Gasteiger partial charge is 0.355 e. The fraction of sp³-hybridized carbons (Fsp3) is 0.562. The van der Waals surface area contributed by atoms with E-state index in [1.807, 2.05) is 18.2 Å². The second-order valence-electron chi connectivity index (χ2n) is 6.01. The van der Waals surface area contributed by atoms with Crippen LogP contribution in [-0.2, 0) is 10.2 Å². The zero-order valence-corrected chi connectivity index (χ0v) is 11.9. The van der Waals surface area contributed by atoms with Gasteiger partial charge in [-0.05, 0) is 24.9 Å². The molecule has 0 aliphatic carbocycles. The molecular weight excluding hydrogens is 236 g/mol. The number of benzene rings is 1. The van der Waals surface area contributed by atoms with Gasteiger partial charge in [0.1, 0.15) is 0 Å². The highest BCUT2D eigenvalue weighted by Crippen LogP contribution is 2.22. The monoisotopic (exact) mass is 260 g/mol. The molecule has 19 heavy (non-hydrogen) atoms. The number of rotatable bonds is 4. The molecule has 1 aromatic carbocycles. The molecule has 1 saturated heterocycles. The molecule has 2 N–H and O–H groups in total. The zero-order chi connectivity index (χ0) is 13.7. The van der Waals surface area contributed by atoms with Gasteiger partial charge in [-0.25, -0.2) is 0 Å². The third kappa shape index (κ3) is 3.80. The average molecular weight is 260 g/mol. The van der Waals surface area contributed by atoms with E-state index in [0.717, 1.165) is 25.9 Å². The van der Waals surface area contributed by atoms with Gasteiger partial charge >= 0.3 is 0 Å². The minimum Gasteiger partial charge on any atom is -0.355 e. The number of hydrogen-bond acceptors (Lipinski definition) is 2. The Morgan fingerprint density at radius 2 is 2.11 bits per heavy atom. The van der Waals surface area contributed by atoms with Gasteiger partial charge in [-0.3, -0.25) is 4.79 Å². The molecule has 1 amide bonds. The third-order valence-electron chi connectivity index (χ3n) is 3.93. The fourth-order valence-electron chi connectivity index (χ4n) is 2.52. The van der Waals surface area contributed by atoms with Crippen LogP contribution >= 0.6 is 0 Å². The van der Waals surface area contributed by atoms with Crippen LogP contribution in [0.3, 0.4) is 0 Å². The predicted octanol–water partition coefficient (Wildman–Crippen LogP) is 2.08. The molecule has 1 aromatic rings. The Kier molecular flexibility index (Phi) is 4.59. The van der Waals surface area contributed by atoms with Crippen LogP contribution in [0.1, 0.15) is 32.3 Å². The van der Waals surface area contributed by atoms with Crippen LogP contribution in [0.25, 0.3) is 0 Å². The standard InChI is InChI=1S/C16H24N2O/c1-16(2,14-8-4-3-5-9-14)12-18-15(19)13-7-6-10-17-11-13/h3-5,8-9,13,17H,6-7,10-12H2,1-2H3,(H,18,19)/t13-/m1/s1. The van der Waals surface area contributed by atoms with Crippen LogP contribution in [0, 0.1) is 5.92 Å². The maximum Gasteiger partial charge on any atom is 0.224 e. The molecule has 0 aromatic heterocycles. The van der Waals surface area contributed by atoms with Crippen molar-refractivity contribution in [3.05, 3.63) is 35.9 Å². The molecule has 1 atom stereocenters. The van der Waals surface area contributed by atoms with E-state index in [9.17, 15) is 4.79 Å². The van der Waals surface area contributed by atoms with Crippen molar-refractivity contribution in [3.8, 4) is 0 Å². The number of carbonyl (C=O) groups excluding carboxylic acids is 1. The average Bonchev–Trinajstić information content (AvgIpc) is 2.47. The van der Waals surface area contributed by atoms with Gasteiger partial charge in [0.05, 0.1) is 5.92 Å². The fourth-order valence-corrected chi connectivity index (χ4v) is 2.52. The van der Waals surface area contributed by atoms with Crippen molar-refractivity contribution in [1.82, 2.24) is 10.6 Å². The first-order valence-corrected chi connectivity index (χ1v) is 7.13. The lowest BCUT2D eigenvalue weighted by molar-refractivity contribution is -0.125. The Labute approximate surface area is 115 Å². The van der Waals surface area contributed by atoms with Gasteiger partial charge in [0, 0.05) is 18.5 Å². The SMILES string of the molecule is CC(C)(CNC(=O)[C@@H]1CCCNC1)c1ccccc1. The molecule has 0 radical (unpaired) electrons. The number of hydrogen-bond donors (Lipinski definition) is 2. The normalized spacial score (nSPS) is 20.0. The molecule has 3 heteroatoms. The molecule has 0 bridgehead atoms. The second-order valence-corrected chi connectivity index (χ2v) is 6.01. The molecule has 2 rings (SSSR count). The van der Waals surface area contributed by atoms with Gasteiger partial charge < -0.3 is 10.6 Å². The van der Waals surface area contributed by atoms with Crippen molar-refractivity contribution in [1.29, 1.82) is 0 Å². The van der Waals surface area contributed by atoms with Gasteiger partial charge in [-0.2, -0.15) is 0 Å². The van der Waals surface area contributed by atoms with Crippen LogP contribution in [0.2, 0.25) is 0 Å². The molecule has 1 aliphatic heterocycles. The van der Waals surface area contributed by atoms with Crippen molar-refractivity contribution < 1.29 is 4.79 Å². The van der Waals surface area contributed by atoms with Gasteiger partial charge in [0.25, 0.3) is 0 Å². The molecule has 1 aliphatic rings. The Hall–Kier alpha value is -1.35. The lowest BCUT2D eigenvalue weighted by atomic mass is 9.84. The van der Waals surface area contributed by atoms with Crippen molar-refractivity contribution in [2.24, 2.45) is 5.92 Å². The minimum atomic E-state index is -0.0288. The number of amides is 1. The van der Waals surface area contributed by atoms with E-state index in [-0.39, 0.29) is 17.2 Å². The Balaban J connectivity index is 1.88. The van der Waals surface area contributed by atoms with Crippen molar-refractivity contribution in [2.75, 3.05) is 19.6 Å². The highest BCUT2D eigenvalue weighted by molar-refractivity contribution is 5.79. The van der Waals surface area contributed by atoms with Crippen LogP contribution in [0.15, 0.2) is 30.3 Å². The summed E-state index contributed by atoms with van der Waals surface area (Å²) in [5.41, 5.74) is 1.23.